The molecule has 13 heavy (non-hydrogen) atoms. The van der Waals surface area contributed by atoms with E-state index < -0.39 is 5.97 Å². The fourth-order valence-electron chi connectivity index (χ4n) is 1.72. The Labute approximate surface area is 77.3 Å². The Bertz CT molecular complexity index is 203. The molecule has 0 saturated heterocycles. The summed E-state index contributed by atoms with van der Waals surface area (Å²) in [4.78, 5) is 10.1. The molecule has 3 N–H and O–H groups in total. The highest BCUT2D eigenvalue weighted by atomic mass is 16.4. The first-order valence-electron chi connectivity index (χ1n) is 4.50. The van der Waals surface area contributed by atoms with Gasteiger partial charge in [-0.25, -0.2) is 4.79 Å². The van der Waals surface area contributed by atoms with Crippen molar-refractivity contribution in [3.05, 3.63) is 12.3 Å². The Morgan fingerprint density at radius 2 is 2.31 bits per heavy atom. The summed E-state index contributed by atoms with van der Waals surface area (Å²) in [5.41, 5.74) is 0. The Balaban J connectivity index is 2.31. The highest BCUT2D eigenvalue weighted by molar-refractivity contribution is 5.79. The first-order valence-corrected chi connectivity index (χ1v) is 4.50. The van der Waals surface area contributed by atoms with Crippen molar-refractivity contribution >= 4 is 5.97 Å². The summed E-state index contributed by atoms with van der Waals surface area (Å²) in [6.07, 6.45) is 5.65. The zero-order valence-corrected chi connectivity index (χ0v) is 7.44. The first-order chi connectivity index (χ1) is 6.24. The Morgan fingerprint density at radius 3 is 2.92 bits per heavy atom. The van der Waals surface area contributed by atoms with Gasteiger partial charge in [0.1, 0.15) is 0 Å². The molecule has 0 aliphatic heterocycles. The zero-order valence-electron chi connectivity index (χ0n) is 7.44. The van der Waals surface area contributed by atoms with Crippen molar-refractivity contribution in [2.45, 2.75) is 25.3 Å². The lowest BCUT2D eigenvalue weighted by molar-refractivity contribution is -0.131. The van der Waals surface area contributed by atoms with E-state index in [0.29, 0.717) is 0 Å². The fraction of sp³-hybridized carbons (Fsp3) is 0.667. The van der Waals surface area contributed by atoms with Crippen LogP contribution in [0.4, 0.5) is 0 Å². The van der Waals surface area contributed by atoms with Crippen molar-refractivity contribution in [3.8, 4) is 0 Å². The van der Waals surface area contributed by atoms with Gasteiger partial charge in [0.15, 0.2) is 0 Å². The molecule has 4 heteroatoms. The normalized spacial score (nSPS) is 28.1. The van der Waals surface area contributed by atoms with Gasteiger partial charge in [-0.1, -0.05) is 6.42 Å². The van der Waals surface area contributed by atoms with E-state index in [1.54, 1.807) is 0 Å². The van der Waals surface area contributed by atoms with Crippen molar-refractivity contribution in [3.63, 3.8) is 0 Å². The number of nitrogens with one attached hydrogen (secondary N) is 1. The van der Waals surface area contributed by atoms with Crippen molar-refractivity contribution in [1.29, 1.82) is 0 Å². The van der Waals surface area contributed by atoms with Crippen LogP contribution in [0.5, 0.6) is 0 Å². The van der Waals surface area contributed by atoms with Crippen molar-refractivity contribution in [1.82, 2.24) is 5.32 Å². The summed E-state index contributed by atoms with van der Waals surface area (Å²) < 4.78 is 0. The van der Waals surface area contributed by atoms with Crippen molar-refractivity contribution in [2.75, 3.05) is 6.61 Å². The highest BCUT2D eigenvalue weighted by Gasteiger charge is 2.25. The number of hydrogen-bond acceptors (Lipinski definition) is 3. The lowest BCUT2D eigenvalue weighted by Gasteiger charge is -2.16. The molecular formula is C9H15NO3. The fourth-order valence-corrected chi connectivity index (χ4v) is 1.72. The minimum Gasteiger partial charge on any atom is -0.478 e. The minimum absolute atomic E-state index is 0.179. The van der Waals surface area contributed by atoms with Gasteiger partial charge in [0.2, 0.25) is 0 Å². The molecule has 0 aromatic carbocycles. The van der Waals surface area contributed by atoms with Gasteiger partial charge in [0.25, 0.3) is 0 Å². The van der Waals surface area contributed by atoms with Crippen LogP contribution in [0, 0.1) is 5.92 Å². The molecule has 0 amide bonds. The van der Waals surface area contributed by atoms with Gasteiger partial charge in [-0.05, 0) is 12.8 Å². The molecule has 1 fully saturated rings. The molecule has 0 bridgehead atoms. The van der Waals surface area contributed by atoms with Gasteiger partial charge in [-0.3, -0.25) is 0 Å². The van der Waals surface area contributed by atoms with Crippen LogP contribution in [0.25, 0.3) is 0 Å². The maximum absolute atomic E-state index is 10.1. The number of carboxylic acid groups (broad SMARTS) is 1. The van der Waals surface area contributed by atoms with Crippen molar-refractivity contribution < 1.29 is 15.0 Å². The average molecular weight is 185 g/mol. The van der Waals surface area contributed by atoms with Crippen LogP contribution in [0.1, 0.15) is 19.3 Å². The molecule has 1 aliphatic carbocycles. The number of hydrogen-bond donors (Lipinski definition) is 3. The zero-order chi connectivity index (χ0) is 9.68. The van der Waals surface area contributed by atoms with E-state index in [0.717, 1.165) is 25.3 Å². The molecule has 2 atom stereocenters. The number of rotatable bonds is 4. The first kappa shape index (κ1) is 10.1. The molecule has 0 spiro atoms. The lowest BCUT2D eigenvalue weighted by atomic mass is 10.1. The molecule has 1 aliphatic rings. The van der Waals surface area contributed by atoms with Crippen molar-refractivity contribution in [2.24, 2.45) is 5.92 Å². The van der Waals surface area contributed by atoms with Gasteiger partial charge in [0.05, 0.1) is 0 Å². The van der Waals surface area contributed by atoms with Crippen LogP contribution in [-0.2, 0) is 4.79 Å². The molecule has 0 radical (unpaired) electrons. The van der Waals surface area contributed by atoms with Crippen LogP contribution in [0.3, 0.4) is 0 Å². The second-order valence-corrected chi connectivity index (χ2v) is 3.32. The third kappa shape index (κ3) is 3.06. The number of carbonyl (C=O) groups is 1. The third-order valence-corrected chi connectivity index (χ3v) is 2.43. The number of carboxylic acids is 1. The van der Waals surface area contributed by atoms with Crippen LogP contribution in [0.2, 0.25) is 0 Å². The van der Waals surface area contributed by atoms with Crippen LogP contribution < -0.4 is 5.32 Å². The van der Waals surface area contributed by atoms with Gasteiger partial charge in [-0.15, -0.1) is 0 Å². The van der Waals surface area contributed by atoms with Gasteiger partial charge in [0, 0.05) is 30.8 Å². The van der Waals surface area contributed by atoms with E-state index in [2.05, 4.69) is 5.32 Å². The Hall–Kier alpha value is -1.03. The topological polar surface area (TPSA) is 69.6 Å². The second kappa shape index (κ2) is 4.87. The van der Waals surface area contributed by atoms with E-state index in [9.17, 15) is 4.79 Å². The molecular weight excluding hydrogens is 170 g/mol. The van der Waals surface area contributed by atoms with E-state index >= 15 is 0 Å². The summed E-state index contributed by atoms with van der Waals surface area (Å²) in [5, 5.41) is 20.3. The molecule has 2 unspecified atom stereocenters. The van der Waals surface area contributed by atoms with E-state index in [-0.39, 0.29) is 18.6 Å². The van der Waals surface area contributed by atoms with Crippen LogP contribution in [-0.4, -0.2) is 28.8 Å². The molecule has 0 aromatic rings. The molecule has 74 valence electrons. The summed E-state index contributed by atoms with van der Waals surface area (Å²) in [6, 6.07) is 0.237. The van der Waals surface area contributed by atoms with E-state index in [1.165, 1.54) is 6.20 Å². The molecule has 0 heterocycles. The molecule has 4 nitrogen and oxygen atoms in total. The molecule has 0 aromatic heterocycles. The predicted octanol–water partition coefficient (Wildman–Crippen LogP) is 0.335. The average Bonchev–Trinajstić information content (AvgIpc) is 2.51. The lowest BCUT2D eigenvalue weighted by Crippen LogP contribution is -2.30. The third-order valence-electron chi connectivity index (χ3n) is 2.43. The highest BCUT2D eigenvalue weighted by Crippen LogP contribution is 2.24. The number of aliphatic hydroxyl groups is 1. The number of aliphatic carboxylic acids is 1. The maximum atomic E-state index is 10.1. The summed E-state index contributed by atoms with van der Waals surface area (Å²) in [6.45, 7) is 0.179. The van der Waals surface area contributed by atoms with Gasteiger partial charge >= 0.3 is 5.97 Å². The Morgan fingerprint density at radius 1 is 1.54 bits per heavy atom. The summed E-state index contributed by atoms with van der Waals surface area (Å²) >= 11 is 0. The number of aliphatic hydroxyl groups excluding tert-OH is 1. The van der Waals surface area contributed by atoms with E-state index in [1.807, 2.05) is 0 Å². The molecule has 1 saturated carbocycles. The maximum Gasteiger partial charge on any atom is 0.329 e. The predicted molar refractivity (Wildman–Crippen MR) is 48.1 cm³/mol. The smallest absolute Gasteiger partial charge is 0.329 e. The minimum atomic E-state index is -0.953. The standard InChI is InChI=1S/C9H15NO3/c11-6-7-2-1-3-8(7)10-5-4-9(12)13/h4-5,7-8,10-11H,1-3,6H2,(H,12,13)/b5-4+. The quantitative estimate of drug-likeness (QED) is 0.552. The van der Waals surface area contributed by atoms with Crippen LogP contribution >= 0.6 is 0 Å². The monoisotopic (exact) mass is 185 g/mol. The second-order valence-electron chi connectivity index (χ2n) is 3.32. The molecule has 1 rings (SSSR count). The SMILES string of the molecule is O=C(O)/C=C/NC1CCCC1CO. The van der Waals surface area contributed by atoms with Gasteiger partial charge in [-0.2, -0.15) is 0 Å². The summed E-state index contributed by atoms with van der Waals surface area (Å²) in [7, 11) is 0. The van der Waals surface area contributed by atoms with E-state index in [4.69, 9.17) is 10.2 Å². The largest absolute Gasteiger partial charge is 0.478 e. The van der Waals surface area contributed by atoms with Gasteiger partial charge < -0.3 is 15.5 Å². The summed E-state index contributed by atoms with van der Waals surface area (Å²) in [5.74, 6) is -0.676. The Kier molecular flexibility index (Phi) is 3.76. The van der Waals surface area contributed by atoms with Crippen LogP contribution in [0.15, 0.2) is 12.3 Å².